The highest BCUT2D eigenvalue weighted by atomic mass is 15.3. The molecule has 13 heavy (non-hydrogen) atoms. The van der Waals surface area contributed by atoms with Gasteiger partial charge in [-0.25, -0.2) is 0 Å². The Balaban J connectivity index is 2.54. The molecule has 1 aromatic heterocycles. The van der Waals surface area contributed by atoms with Crippen LogP contribution in [0.3, 0.4) is 0 Å². The molecule has 1 N–H and O–H groups in total. The molecule has 0 atom stereocenters. The smallest absolute Gasteiger partial charge is 0.190 e. The second-order valence-corrected chi connectivity index (χ2v) is 2.51. The number of rotatable bonds is 1. The van der Waals surface area contributed by atoms with E-state index < -0.39 is 0 Å². The molecule has 62 valence electrons. The minimum Gasteiger partial charge on any atom is -0.256 e. The molecule has 0 aliphatic carbocycles. The monoisotopic (exact) mass is 170 g/mol. The van der Waals surface area contributed by atoms with Gasteiger partial charge >= 0.3 is 0 Å². The topological polar surface area (TPSA) is 65.4 Å². The Bertz CT molecular complexity index is 438. The van der Waals surface area contributed by atoms with Gasteiger partial charge in [0, 0.05) is 5.56 Å². The second-order valence-electron chi connectivity index (χ2n) is 2.51. The van der Waals surface area contributed by atoms with Crippen LogP contribution in [0.15, 0.2) is 30.3 Å². The van der Waals surface area contributed by atoms with Crippen LogP contribution in [0.5, 0.6) is 0 Å². The molecule has 0 unspecified atom stereocenters. The first-order chi connectivity index (χ1) is 6.42. The van der Waals surface area contributed by atoms with Crippen LogP contribution in [0.1, 0.15) is 5.69 Å². The number of nitrogens with zero attached hydrogens (tertiary/aromatic N) is 3. The van der Waals surface area contributed by atoms with Crippen LogP contribution in [0.2, 0.25) is 0 Å². The fraction of sp³-hybridized carbons (Fsp3) is 0. The molecule has 1 aromatic carbocycles. The first kappa shape index (κ1) is 7.50. The van der Waals surface area contributed by atoms with Crippen molar-refractivity contribution < 1.29 is 0 Å². The van der Waals surface area contributed by atoms with Gasteiger partial charge in [0.05, 0.1) is 0 Å². The van der Waals surface area contributed by atoms with Gasteiger partial charge in [-0.05, 0) is 0 Å². The first-order valence-corrected chi connectivity index (χ1v) is 3.78. The maximum Gasteiger partial charge on any atom is 0.190 e. The Morgan fingerprint density at radius 1 is 1.23 bits per heavy atom. The molecule has 0 fully saturated rings. The van der Waals surface area contributed by atoms with Gasteiger partial charge in [0.2, 0.25) is 0 Å². The quantitative estimate of drug-likeness (QED) is 0.702. The molecular weight excluding hydrogens is 164 g/mol. The second kappa shape index (κ2) is 3.07. The lowest BCUT2D eigenvalue weighted by Crippen LogP contribution is -1.81. The van der Waals surface area contributed by atoms with Crippen LogP contribution in [-0.2, 0) is 0 Å². The van der Waals surface area contributed by atoms with Gasteiger partial charge in [0.15, 0.2) is 5.69 Å². The standard InChI is InChI=1S/C9H6N4/c10-6-8-9(12-13-11-8)7-4-2-1-3-5-7/h1-5H,(H,11,12,13). The highest BCUT2D eigenvalue weighted by molar-refractivity contribution is 5.63. The minimum absolute atomic E-state index is 0.325. The van der Waals surface area contributed by atoms with Crippen molar-refractivity contribution in [1.82, 2.24) is 15.4 Å². The summed E-state index contributed by atoms with van der Waals surface area (Å²) >= 11 is 0. The van der Waals surface area contributed by atoms with Crippen molar-refractivity contribution in [2.24, 2.45) is 0 Å². The molecule has 0 bridgehead atoms. The zero-order valence-corrected chi connectivity index (χ0v) is 6.73. The number of hydrogen-bond donors (Lipinski definition) is 1. The molecule has 2 rings (SSSR count). The molecule has 0 amide bonds. The maximum atomic E-state index is 8.70. The van der Waals surface area contributed by atoms with Crippen LogP contribution in [0, 0.1) is 11.3 Å². The van der Waals surface area contributed by atoms with Crippen molar-refractivity contribution in [3.05, 3.63) is 36.0 Å². The molecule has 1 heterocycles. The molecular formula is C9H6N4. The first-order valence-electron chi connectivity index (χ1n) is 3.78. The summed E-state index contributed by atoms with van der Waals surface area (Å²) in [4.78, 5) is 0. The largest absolute Gasteiger partial charge is 0.256 e. The lowest BCUT2D eigenvalue weighted by molar-refractivity contribution is 0.937. The summed E-state index contributed by atoms with van der Waals surface area (Å²) in [6.07, 6.45) is 0. The van der Waals surface area contributed by atoms with Gasteiger partial charge in [-0.1, -0.05) is 35.5 Å². The molecule has 0 radical (unpaired) electrons. The number of hydrogen-bond acceptors (Lipinski definition) is 3. The predicted molar refractivity (Wildman–Crippen MR) is 46.5 cm³/mol. The maximum absolute atomic E-state index is 8.70. The van der Waals surface area contributed by atoms with E-state index in [4.69, 9.17) is 5.26 Å². The van der Waals surface area contributed by atoms with E-state index in [1.165, 1.54) is 0 Å². The van der Waals surface area contributed by atoms with Crippen molar-refractivity contribution in [3.8, 4) is 17.3 Å². The van der Waals surface area contributed by atoms with Gasteiger partial charge in [0.25, 0.3) is 0 Å². The summed E-state index contributed by atoms with van der Waals surface area (Å²) in [5.41, 5.74) is 1.92. The van der Waals surface area contributed by atoms with E-state index in [0.717, 1.165) is 5.56 Å². The Kier molecular flexibility index (Phi) is 1.77. The number of benzene rings is 1. The molecule has 4 nitrogen and oxygen atoms in total. The molecule has 0 spiro atoms. The Hall–Kier alpha value is -2.15. The summed E-state index contributed by atoms with van der Waals surface area (Å²) in [6.45, 7) is 0. The summed E-state index contributed by atoms with van der Waals surface area (Å²) in [5, 5.41) is 18.6. The number of nitrogens with one attached hydrogen (secondary N) is 1. The van der Waals surface area contributed by atoms with Crippen LogP contribution in [-0.4, -0.2) is 15.4 Å². The van der Waals surface area contributed by atoms with E-state index in [2.05, 4.69) is 15.4 Å². The average Bonchev–Trinajstić information content (AvgIpc) is 2.67. The fourth-order valence-electron chi connectivity index (χ4n) is 1.11. The Labute approximate surface area is 74.8 Å². The highest BCUT2D eigenvalue weighted by Gasteiger charge is 2.06. The van der Waals surface area contributed by atoms with Crippen LogP contribution >= 0.6 is 0 Å². The molecule has 0 aliphatic heterocycles. The molecule has 0 aliphatic rings. The zero-order valence-electron chi connectivity index (χ0n) is 6.73. The van der Waals surface area contributed by atoms with Gasteiger partial charge in [-0.2, -0.15) is 5.26 Å². The normalized spacial score (nSPS) is 9.46. The van der Waals surface area contributed by atoms with Crippen molar-refractivity contribution in [2.75, 3.05) is 0 Å². The number of aromatic nitrogens is 3. The number of aromatic amines is 1. The third-order valence-corrected chi connectivity index (χ3v) is 1.72. The van der Waals surface area contributed by atoms with Crippen molar-refractivity contribution in [3.63, 3.8) is 0 Å². The van der Waals surface area contributed by atoms with Gasteiger partial charge in [0.1, 0.15) is 11.8 Å². The lowest BCUT2D eigenvalue weighted by Gasteiger charge is -1.94. The van der Waals surface area contributed by atoms with Crippen LogP contribution in [0.25, 0.3) is 11.3 Å². The van der Waals surface area contributed by atoms with Crippen molar-refractivity contribution in [1.29, 1.82) is 5.26 Å². The molecule has 0 saturated carbocycles. The third-order valence-electron chi connectivity index (χ3n) is 1.72. The molecule has 0 saturated heterocycles. The molecule has 4 heteroatoms. The average molecular weight is 170 g/mol. The SMILES string of the molecule is N#Cc1nn[nH]c1-c1ccccc1. The van der Waals surface area contributed by atoms with E-state index in [0.29, 0.717) is 11.4 Å². The minimum atomic E-state index is 0.325. The predicted octanol–water partition coefficient (Wildman–Crippen LogP) is 1.34. The number of H-pyrrole nitrogens is 1. The third kappa shape index (κ3) is 1.27. The van der Waals surface area contributed by atoms with E-state index in [-0.39, 0.29) is 0 Å². The lowest BCUT2D eigenvalue weighted by atomic mass is 10.1. The number of nitriles is 1. The highest BCUT2D eigenvalue weighted by Crippen LogP contribution is 2.17. The summed E-state index contributed by atoms with van der Waals surface area (Å²) in [5.74, 6) is 0. The summed E-state index contributed by atoms with van der Waals surface area (Å²) in [7, 11) is 0. The van der Waals surface area contributed by atoms with Gasteiger partial charge < -0.3 is 0 Å². The van der Waals surface area contributed by atoms with Gasteiger partial charge in [-0.15, -0.1) is 5.10 Å². The van der Waals surface area contributed by atoms with E-state index in [1.807, 2.05) is 36.4 Å². The fourth-order valence-corrected chi connectivity index (χ4v) is 1.11. The van der Waals surface area contributed by atoms with Crippen molar-refractivity contribution in [2.45, 2.75) is 0 Å². The Morgan fingerprint density at radius 2 is 2.00 bits per heavy atom. The summed E-state index contributed by atoms with van der Waals surface area (Å²) < 4.78 is 0. The van der Waals surface area contributed by atoms with Gasteiger partial charge in [-0.3, -0.25) is 5.10 Å². The van der Waals surface area contributed by atoms with E-state index in [1.54, 1.807) is 0 Å². The van der Waals surface area contributed by atoms with E-state index in [9.17, 15) is 0 Å². The molecule has 2 aromatic rings. The van der Waals surface area contributed by atoms with Crippen LogP contribution in [0.4, 0.5) is 0 Å². The Morgan fingerprint density at radius 3 is 2.69 bits per heavy atom. The van der Waals surface area contributed by atoms with Crippen molar-refractivity contribution >= 4 is 0 Å². The van der Waals surface area contributed by atoms with Crippen LogP contribution < -0.4 is 0 Å². The zero-order chi connectivity index (χ0) is 9.10. The van der Waals surface area contributed by atoms with E-state index >= 15 is 0 Å². The summed E-state index contributed by atoms with van der Waals surface area (Å²) in [6, 6.07) is 11.5.